The number of ether oxygens (including phenoxy) is 1. The fourth-order valence-electron chi connectivity index (χ4n) is 6.28. The van der Waals surface area contributed by atoms with Crippen LogP contribution in [0, 0.1) is 17.8 Å². The number of hydrogen-bond acceptors (Lipinski definition) is 7. The summed E-state index contributed by atoms with van der Waals surface area (Å²) >= 11 is 17.4. The summed E-state index contributed by atoms with van der Waals surface area (Å²) in [4.78, 5) is 62.1. The van der Waals surface area contributed by atoms with Gasteiger partial charge in [0.1, 0.15) is 0 Å². The first-order chi connectivity index (χ1) is 16.8. The Kier molecular flexibility index (Phi) is 5.52. The highest BCUT2D eigenvalue weighted by Crippen LogP contribution is 2.66. The normalized spacial score (nSPS) is 35.4. The molecule has 10 nitrogen and oxygen atoms in total. The predicted molar refractivity (Wildman–Crippen MR) is 129 cm³/mol. The molecule has 5 rings (SSSR count). The maximum Gasteiger partial charge on any atom is 0.328 e. The maximum atomic E-state index is 13.5. The summed E-state index contributed by atoms with van der Waals surface area (Å²) in [7, 11) is 2.61. The number of phenols is 1. The number of phenolic OH excluding ortho intramolecular Hbond substituents is 1. The van der Waals surface area contributed by atoms with Crippen molar-refractivity contribution in [2.24, 2.45) is 23.5 Å². The smallest absolute Gasteiger partial charge is 0.328 e. The highest BCUT2D eigenvalue weighted by atomic mass is 79.9. The zero-order chi connectivity index (χ0) is 26.5. The van der Waals surface area contributed by atoms with E-state index in [-0.39, 0.29) is 29.9 Å². The number of benzene rings is 1. The molecule has 4 aliphatic rings. The van der Waals surface area contributed by atoms with Gasteiger partial charge in [0.05, 0.1) is 18.9 Å². The molecular weight excluding hydrogens is 581 g/mol. The summed E-state index contributed by atoms with van der Waals surface area (Å²) in [6, 6.07) is 1.85. The van der Waals surface area contributed by atoms with E-state index < -0.39 is 63.1 Å². The van der Waals surface area contributed by atoms with Gasteiger partial charge in [-0.25, -0.2) is 4.79 Å². The number of nitrogens with two attached hydrogens (primary N) is 1. The van der Waals surface area contributed by atoms with Crippen LogP contribution in [0.15, 0.2) is 28.3 Å². The van der Waals surface area contributed by atoms with Crippen LogP contribution in [-0.2, 0) is 19.2 Å². The number of methoxy groups -OCH3 is 1. The molecule has 0 bridgehead atoms. The van der Waals surface area contributed by atoms with Crippen LogP contribution in [0.2, 0.25) is 0 Å². The third kappa shape index (κ3) is 2.87. The monoisotopic (exact) mass is 599 g/mol. The van der Waals surface area contributed by atoms with Crippen LogP contribution in [0.4, 0.5) is 4.79 Å². The average molecular weight is 601 g/mol. The third-order valence-corrected chi connectivity index (χ3v) is 9.71. The Balaban J connectivity index is 1.78. The number of allylic oxidation sites excluding steroid dienone is 2. The molecule has 2 aliphatic heterocycles. The van der Waals surface area contributed by atoms with Crippen molar-refractivity contribution in [1.82, 2.24) is 9.80 Å². The van der Waals surface area contributed by atoms with E-state index in [1.807, 2.05) is 0 Å². The zero-order valence-corrected chi connectivity index (χ0v) is 22.1. The van der Waals surface area contributed by atoms with Crippen LogP contribution in [0.1, 0.15) is 24.3 Å². The SMILES string of the molecule is COc1cc(Br)cc(C2C3=CCC4C(=O)N(C(N)=O)C(=O)C4C3CC3(Cl)C(=O)N(C)C(=O)C23Cl)c1O. The quantitative estimate of drug-likeness (QED) is 0.300. The number of likely N-dealkylation sites (tertiary alicyclic amines) is 2. The van der Waals surface area contributed by atoms with E-state index in [9.17, 15) is 29.1 Å². The van der Waals surface area contributed by atoms with Gasteiger partial charge in [-0.15, -0.1) is 23.2 Å². The molecular formula is C23H20BrCl2N3O7. The third-order valence-electron chi connectivity index (χ3n) is 7.83. The van der Waals surface area contributed by atoms with Gasteiger partial charge in [-0.1, -0.05) is 27.6 Å². The van der Waals surface area contributed by atoms with E-state index in [1.165, 1.54) is 26.3 Å². The average Bonchev–Trinajstić information content (AvgIpc) is 3.15. The van der Waals surface area contributed by atoms with Crippen LogP contribution in [0.3, 0.4) is 0 Å². The lowest BCUT2D eigenvalue weighted by atomic mass is 9.56. The standard InChI is InChI=1S/C23H20BrCl2N3O7/c1-28-19(33)22(25)7-12-9(3-4-10-14(12)18(32)29(17(10)31)21(27)35)15(23(22,26)20(28)34)11-5-8(24)6-13(36-2)16(11)30/h3,5-6,10,12,14-15,30H,4,7H2,1-2H3,(H2,27,35). The van der Waals surface area contributed by atoms with Crippen molar-refractivity contribution < 1.29 is 33.8 Å². The van der Waals surface area contributed by atoms with Gasteiger partial charge in [0.2, 0.25) is 11.8 Å². The summed E-state index contributed by atoms with van der Waals surface area (Å²) in [5, 5.41) is 11.1. The second-order valence-corrected chi connectivity index (χ2v) is 11.6. The Morgan fingerprint density at radius 3 is 2.44 bits per heavy atom. The predicted octanol–water partition coefficient (Wildman–Crippen LogP) is 2.23. The number of amides is 6. The molecule has 6 unspecified atom stereocenters. The van der Waals surface area contributed by atoms with Gasteiger partial charge in [0.25, 0.3) is 11.8 Å². The molecule has 2 aliphatic carbocycles. The van der Waals surface area contributed by atoms with Crippen molar-refractivity contribution in [3.05, 3.63) is 33.8 Å². The van der Waals surface area contributed by atoms with Gasteiger partial charge < -0.3 is 15.6 Å². The fourth-order valence-corrected chi connectivity index (χ4v) is 7.74. The number of imide groups is 4. The molecule has 3 fully saturated rings. The van der Waals surface area contributed by atoms with Crippen molar-refractivity contribution in [2.75, 3.05) is 14.2 Å². The summed E-state index contributed by atoms with van der Waals surface area (Å²) in [6.07, 6.45) is 1.50. The van der Waals surface area contributed by atoms with Gasteiger partial charge in [0.15, 0.2) is 21.2 Å². The largest absolute Gasteiger partial charge is 0.504 e. The molecule has 0 aromatic heterocycles. The molecule has 1 saturated carbocycles. The van der Waals surface area contributed by atoms with E-state index in [0.29, 0.717) is 14.9 Å². The number of carbonyl (C=O) groups is 5. The molecule has 13 heteroatoms. The van der Waals surface area contributed by atoms with E-state index in [1.54, 1.807) is 6.08 Å². The van der Waals surface area contributed by atoms with Crippen molar-refractivity contribution >= 4 is 68.8 Å². The van der Waals surface area contributed by atoms with E-state index in [4.69, 9.17) is 33.7 Å². The van der Waals surface area contributed by atoms with Crippen LogP contribution in [0.5, 0.6) is 11.5 Å². The number of nitrogens with zero attached hydrogens (tertiary/aromatic N) is 2. The van der Waals surface area contributed by atoms with E-state index in [0.717, 1.165) is 4.90 Å². The second kappa shape index (κ2) is 7.93. The zero-order valence-electron chi connectivity index (χ0n) is 19.0. The lowest BCUT2D eigenvalue weighted by molar-refractivity contribution is -0.139. The van der Waals surface area contributed by atoms with Crippen LogP contribution >= 0.6 is 39.1 Å². The first-order valence-electron chi connectivity index (χ1n) is 10.9. The van der Waals surface area contributed by atoms with Crippen molar-refractivity contribution in [3.63, 3.8) is 0 Å². The molecule has 36 heavy (non-hydrogen) atoms. The topological polar surface area (TPSA) is 147 Å². The highest BCUT2D eigenvalue weighted by Gasteiger charge is 2.76. The summed E-state index contributed by atoms with van der Waals surface area (Å²) in [6.45, 7) is 0. The minimum Gasteiger partial charge on any atom is -0.504 e. The van der Waals surface area contributed by atoms with Crippen LogP contribution in [-0.4, -0.2) is 68.5 Å². The molecule has 1 aromatic carbocycles. The van der Waals surface area contributed by atoms with Gasteiger partial charge in [-0.3, -0.25) is 24.1 Å². The maximum absolute atomic E-state index is 13.5. The summed E-state index contributed by atoms with van der Waals surface area (Å²) < 4.78 is 5.77. The molecule has 2 saturated heterocycles. The number of urea groups is 1. The Morgan fingerprint density at radius 1 is 1.17 bits per heavy atom. The number of halogens is 3. The minimum absolute atomic E-state index is 0.0630. The van der Waals surface area contributed by atoms with E-state index >= 15 is 0 Å². The van der Waals surface area contributed by atoms with Crippen molar-refractivity contribution in [3.8, 4) is 11.5 Å². The Labute approximate surface area is 223 Å². The van der Waals surface area contributed by atoms with Crippen LogP contribution in [0.25, 0.3) is 0 Å². The van der Waals surface area contributed by atoms with Crippen molar-refractivity contribution in [1.29, 1.82) is 0 Å². The highest BCUT2D eigenvalue weighted by molar-refractivity contribution is 9.10. The molecule has 6 amide bonds. The van der Waals surface area contributed by atoms with Gasteiger partial charge in [-0.05, 0) is 30.9 Å². The molecule has 1 aromatic rings. The van der Waals surface area contributed by atoms with E-state index in [2.05, 4.69) is 15.9 Å². The Hall–Kier alpha value is -2.63. The molecule has 0 radical (unpaired) electrons. The van der Waals surface area contributed by atoms with Gasteiger partial charge in [-0.2, -0.15) is 4.90 Å². The first kappa shape index (κ1) is 25.0. The number of alkyl halides is 2. The number of carbonyl (C=O) groups excluding carboxylic acids is 5. The van der Waals surface area contributed by atoms with Gasteiger partial charge >= 0.3 is 6.03 Å². The molecule has 0 spiro atoms. The first-order valence-corrected chi connectivity index (χ1v) is 12.5. The summed E-state index contributed by atoms with van der Waals surface area (Å²) in [5.74, 6) is -7.25. The fraction of sp³-hybridized carbons (Fsp3) is 0.435. The lowest BCUT2D eigenvalue weighted by Crippen LogP contribution is -2.60. The second-order valence-electron chi connectivity index (χ2n) is 9.39. The number of fused-ring (bicyclic) bond motifs is 4. The Morgan fingerprint density at radius 2 is 1.83 bits per heavy atom. The molecule has 2 heterocycles. The number of aromatic hydroxyl groups is 1. The van der Waals surface area contributed by atoms with Crippen molar-refractivity contribution in [2.45, 2.75) is 28.5 Å². The number of hydrogen-bond donors (Lipinski definition) is 2. The number of rotatable bonds is 2. The lowest BCUT2D eigenvalue weighted by Gasteiger charge is -2.50. The molecule has 6 atom stereocenters. The molecule has 190 valence electrons. The van der Waals surface area contributed by atoms with Gasteiger partial charge in [0, 0.05) is 23.0 Å². The minimum atomic E-state index is -2.06. The number of primary amides is 1. The summed E-state index contributed by atoms with van der Waals surface area (Å²) in [5.41, 5.74) is 5.91. The van der Waals surface area contributed by atoms with Crippen LogP contribution < -0.4 is 10.5 Å². The molecule has 3 N–H and O–H groups in total. The Bertz CT molecular complexity index is 1320.